The zero-order valence-electron chi connectivity index (χ0n) is 11.2. The molecule has 0 saturated carbocycles. The number of alkyl halides is 2. The van der Waals surface area contributed by atoms with Gasteiger partial charge in [0, 0.05) is 12.3 Å². The number of aliphatic hydroxyl groups is 2. The van der Waals surface area contributed by atoms with Crippen molar-refractivity contribution in [1.82, 2.24) is 9.55 Å². The van der Waals surface area contributed by atoms with Gasteiger partial charge in [-0.3, -0.25) is 19.2 Å². The van der Waals surface area contributed by atoms with E-state index >= 15 is 0 Å². The van der Waals surface area contributed by atoms with Crippen molar-refractivity contribution in [3.63, 3.8) is 0 Å². The van der Waals surface area contributed by atoms with Gasteiger partial charge in [0.2, 0.25) is 0 Å². The molecule has 1 aliphatic rings. The Balaban J connectivity index is 2.45. The lowest BCUT2D eigenvalue weighted by molar-refractivity contribution is -0.357. The Morgan fingerprint density at radius 3 is 2.52 bits per heavy atom. The molecule has 13 heteroatoms. The minimum Gasteiger partial charge on any atom is -0.655 e. The lowest BCUT2D eigenvalue weighted by atomic mass is 9.98. The Hall–Kier alpha value is -1.27. The molecule has 0 radical (unpaired) electrons. The summed E-state index contributed by atoms with van der Waals surface area (Å²) in [5.74, 6) is -2.52. The number of hydrogen-bond acceptors (Lipinski definition) is 8. The van der Waals surface area contributed by atoms with E-state index in [1.165, 1.54) is 0 Å². The molecule has 4 atom stereocenters. The van der Waals surface area contributed by atoms with Gasteiger partial charge in [0.1, 0.15) is 20.0 Å². The molecule has 130 valence electrons. The summed E-state index contributed by atoms with van der Waals surface area (Å²) >= 11 is 0. The second-order valence-electron chi connectivity index (χ2n) is 4.89. The molecule has 1 aliphatic heterocycles. The summed E-state index contributed by atoms with van der Waals surface area (Å²) in [5, 5.41) is 19.0. The lowest BCUT2D eigenvalue weighted by Gasteiger charge is -2.39. The molecule has 0 amide bonds. The number of rotatable bonds is 4. The Labute approximate surface area is 126 Å². The number of aliphatic hydroxyl groups excluding tert-OH is 2. The van der Waals surface area contributed by atoms with E-state index in [9.17, 15) is 33.3 Å². The van der Waals surface area contributed by atoms with Gasteiger partial charge >= 0.3 is 11.4 Å². The third-order valence-electron chi connectivity index (χ3n) is 3.46. The molecule has 1 fully saturated rings. The van der Waals surface area contributed by atoms with Crippen molar-refractivity contribution >= 4 is 7.94 Å². The van der Waals surface area contributed by atoms with Crippen LogP contribution in [0.3, 0.4) is 0 Å². The smallest absolute Gasteiger partial charge is 0.377 e. The quantitative estimate of drug-likeness (QED) is 0.402. The van der Waals surface area contributed by atoms with Crippen molar-refractivity contribution in [2.75, 3.05) is 6.61 Å². The van der Waals surface area contributed by atoms with Gasteiger partial charge in [0.05, 0.1) is 12.7 Å². The van der Waals surface area contributed by atoms with E-state index in [1.54, 1.807) is 4.98 Å². The summed E-state index contributed by atoms with van der Waals surface area (Å²) in [6.07, 6.45) is -5.09. The topological polar surface area (TPSA) is 171 Å². The molecule has 0 aliphatic carbocycles. The number of aromatic amines is 1. The second kappa shape index (κ2) is 5.98. The molecule has 0 unspecified atom stereocenters. The fraction of sp³-hybridized carbons (Fsp3) is 0.600. The highest BCUT2D eigenvalue weighted by atomic mass is 31.2. The lowest BCUT2D eigenvalue weighted by Crippen LogP contribution is -2.50. The third kappa shape index (κ3) is 3.06. The maximum Gasteiger partial charge on any atom is 0.377 e. The van der Waals surface area contributed by atoms with Gasteiger partial charge < -0.3 is 24.7 Å². The van der Waals surface area contributed by atoms with Gasteiger partial charge in [0.25, 0.3) is 5.56 Å². The fourth-order valence-corrected chi connectivity index (χ4v) is 3.07. The summed E-state index contributed by atoms with van der Waals surface area (Å²) in [4.78, 5) is 54.8. The largest absolute Gasteiger partial charge is 0.655 e. The number of ether oxygens (including phenoxy) is 1. The molecule has 2 heterocycles. The van der Waals surface area contributed by atoms with E-state index in [-0.39, 0.29) is 0 Å². The molecule has 2 rings (SSSR count). The zero-order chi connectivity index (χ0) is 17.6. The molecule has 4 N–H and O–H groups in total. The van der Waals surface area contributed by atoms with Crippen molar-refractivity contribution in [3.8, 4) is 0 Å². The summed E-state index contributed by atoms with van der Waals surface area (Å²) in [7, 11) is -6.22. The van der Waals surface area contributed by atoms with Crippen LogP contribution in [0.25, 0.3) is 0 Å². The maximum absolute atomic E-state index is 13.9. The van der Waals surface area contributed by atoms with E-state index in [0.717, 1.165) is 12.3 Å². The molecule has 1 saturated heterocycles. The van der Waals surface area contributed by atoms with Crippen molar-refractivity contribution in [2.24, 2.45) is 5.92 Å². The van der Waals surface area contributed by atoms with Crippen molar-refractivity contribution in [2.45, 2.75) is 24.1 Å². The van der Waals surface area contributed by atoms with Crippen LogP contribution >= 0.6 is 7.94 Å². The predicted octanol–water partition coefficient (Wildman–Crippen LogP) is -3.53. The van der Waals surface area contributed by atoms with Gasteiger partial charge in [-0.25, -0.2) is 4.79 Å². The van der Waals surface area contributed by atoms with Gasteiger partial charge in [-0.2, -0.15) is 8.78 Å². The van der Waals surface area contributed by atoms with Crippen LogP contribution in [-0.2, 0) is 4.74 Å². The van der Waals surface area contributed by atoms with Crippen LogP contribution in [0.1, 0.15) is 6.23 Å². The molecule has 1 aromatic rings. The first-order valence-corrected chi connectivity index (χ1v) is 7.76. The third-order valence-corrected chi connectivity index (χ3v) is 4.51. The molecular weight excluding hydrogens is 345 g/mol. The molecule has 0 aromatic carbocycles. The average molecular weight is 357 g/mol. The number of nitrogens with zero attached hydrogens (tertiary/aromatic N) is 1. The van der Waals surface area contributed by atoms with Crippen LogP contribution in [0, 0.1) is 5.92 Å². The standard InChI is InChI=1S/C10H13F2N2O8P/c11-10(12,23(19,20)21)6-4(3-15)22-8(7(6)17)14-2-1-5(16)13-9(14)18/h1-2,4,6-8,15,17H,3H2,(H,13,16,18)(H2,19,20,21)/p-1/t4-,6-,7-,8-/m1/s1. The molecule has 0 spiro atoms. The minimum atomic E-state index is -6.22. The summed E-state index contributed by atoms with van der Waals surface area (Å²) in [6, 6.07) is 0.849. The minimum absolute atomic E-state index is 0.553. The van der Waals surface area contributed by atoms with Gasteiger partial charge in [-0.1, -0.05) is 0 Å². The van der Waals surface area contributed by atoms with Crippen LogP contribution in [0.4, 0.5) is 8.78 Å². The molecule has 10 nitrogen and oxygen atoms in total. The highest BCUT2D eigenvalue weighted by molar-refractivity contribution is 7.57. The first-order chi connectivity index (χ1) is 10.5. The predicted molar refractivity (Wildman–Crippen MR) is 65.9 cm³/mol. The Morgan fingerprint density at radius 1 is 1.43 bits per heavy atom. The van der Waals surface area contributed by atoms with E-state index in [1.807, 2.05) is 0 Å². The molecule has 23 heavy (non-hydrogen) atoms. The molecule has 0 bridgehead atoms. The van der Waals surface area contributed by atoms with Crippen LogP contribution in [0.15, 0.2) is 21.9 Å². The number of hydrogen-bond donors (Lipinski definition) is 4. The highest BCUT2D eigenvalue weighted by Gasteiger charge is 2.64. The maximum atomic E-state index is 13.9. The van der Waals surface area contributed by atoms with Crippen LogP contribution in [0.2, 0.25) is 0 Å². The summed E-state index contributed by atoms with van der Waals surface area (Å²) in [5.41, 5.74) is -6.70. The number of nitrogens with one attached hydrogen (secondary N) is 1. The fourth-order valence-electron chi connectivity index (χ4n) is 2.37. The summed E-state index contributed by atoms with van der Waals surface area (Å²) in [6.45, 7) is -1.11. The van der Waals surface area contributed by atoms with Crippen molar-refractivity contribution < 1.29 is 38.4 Å². The van der Waals surface area contributed by atoms with E-state index in [4.69, 9.17) is 14.7 Å². The van der Waals surface area contributed by atoms with Crippen molar-refractivity contribution in [3.05, 3.63) is 33.1 Å². The van der Waals surface area contributed by atoms with Crippen LogP contribution < -0.4 is 21.0 Å². The number of aromatic nitrogens is 2. The molecule has 1 aromatic heterocycles. The second-order valence-corrected chi connectivity index (χ2v) is 6.53. The van der Waals surface area contributed by atoms with Crippen molar-refractivity contribution in [1.29, 1.82) is 0 Å². The van der Waals surface area contributed by atoms with E-state index < -0.39 is 55.8 Å². The Bertz CT molecular complexity index is 686. The van der Waals surface area contributed by atoms with E-state index in [2.05, 4.69) is 0 Å². The van der Waals surface area contributed by atoms with Gasteiger partial charge in [0.15, 0.2) is 6.23 Å². The zero-order valence-corrected chi connectivity index (χ0v) is 12.1. The Kier molecular flexibility index (Phi) is 4.70. The monoisotopic (exact) mass is 357 g/mol. The van der Waals surface area contributed by atoms with Gasteiger partial charge in [-0.05, 0) is 0 Å². The first-order valence-electron chi connectivity index (χ1n) is 6.18. The van der Waals surface area contributed by atoms with E-state index in [0.29, 0.717) is 4.57 Å². The Morgan fingerprint density at radius 2 is 2.04 bits per heavy atom. The number of H-pyrrole nitrogens is 1. The number of halogens is 2. The first kappa shape index (κ1) is 18.1. The summed E-state index contributed by atoms with van der Waals surface area (Å²) < 4.78 is 33.2. The SMILES string of the molecule is O=c1ccn([C@@H]2O[C@H](CO)[C@@H](C(F)(F)[P+]([O-])([O-])O)[C@H]2O)c(=O)[nH]1. The van der Waals surface area contributed by atoms with Crippen LogP contribution in [0.5, 0.6) is 0 Å². The normalized spacial score (nSPS) is 29.0. The highest BCUT2D eigenvalue weighted by Crippen LogP contribution is 2.60. The average Bonchev–Trinajstić information content (AvgIpc) is 2.75. The molecular formula is C10H12F2N2O8P-. The van der Waals surface area contributed by atoms with Gasteiger partial charge in [-0.15, -0.1) is 0 Å². The van der Waals surface area contributed by atoms with Crippen LogP contribution in [-0.4, -0.2) is 49.1 Å².